The first kappa shape index (κ1) is 13.5. The summed E-state index contributed by atoms with van der Waals surface area (Å²) in [5, 5.41) is 5.18. The predicted octanol–water partition coefficient (Wildman–Crippen LogP) is 1.78. The third-order valence-electron chi connectivity index (χ3n) is 2.95. The topological polar surface area (TPSA) is 32.3 Å². The van der Waals surface area contributed by atoms with Gasteiger partial charge in [0.2, 0.25) is 0 Å². The Hall–Kier alpha value is -0.580. The van der Waals surface area contributed by atoms with Gasteiger partial charge in [0.15, 0.2) is 0 Å². The number of aryl methyl sites for hydroxylation is 1. The van der Waals surface area contributed by atoms with Gasteiger partial charge in [0.1, 0.15) is 0 Å². The molecule has 0 aromatic carbocycles. The van der Waals surface area contributed by atoms with Crippen LogP contribution in [0.25, 0.3) is 0 Å². The Balaban J connectivity index is 0.00000128. The van der Waals surface area contributed by atoms with E-state index in [0.29, 0.717) is 6.04 Å². The molecule has 5 heteroatoms. The lowest BCUT2D eigenvalue weighted by Crippen LogP contribution is -2.57. The van der Waals surface area contributed by atoms with Gasteiger partial charge < -0.3 is 10.2 Å². The molecule has 16 heavy (non-hydrogen) atoms. The molecule has 0 unspecified atom stereocenters. The summed E-state index contributed by atoms with van der Waals surface area (Å²) in [4.78, 5) is 14.9. The van der Waals surface area contributed by atoms with Crippen LogP contribution in [-0.4, -0.2) is 37.0 Å². The minimum absolute atomic E-state index is 0. The summed E-state index contributed by atoms with van der Waals surface area (Å²) in [6.45, 7) is 3.94. The van der Waals surface area contributed by atoms with E-state index in [4.69, 9.17) is 0 Å². The molecule has 0 atom stereocenters. The average Bonchev–Trinajstić information content (AvgIpc) is 2.61. The summed E-state index contributed by atoms with van der Waals surface area (Å²) in [6, 6.07) is 2.43. The maximum absolute atomic E-state index is 12.1. The van der Waals surface area contributed by atoms with Crippen molar-refractivity contribution in [1.82, 2.24) is 10.2 Å². The maximum atomic E-state index is 12.1. The number of thiophene rings is 1. The molecule has 1 aliphatic heterocycles. The number of carbonyl (C=O) groups is 1. The highest BCUT2D eigenvalue weighted by Crippen LogP contribution is 2.20. The van der Waals surface area contributed by atoms with E-state index in [9.17, 15) is 4.79 Å². The van der Waals surface area contributed by atoms with Crippen LogP contribution in [0.3, 0.4) is 0 Å². The Kier molecular flexibility index (Phi) is 4.77. The van der Waals surface area contributed by atoms with Gasteiger partial charge in [0.25, 0.3) is 5.91 Å². The summed E-state index contributed by atoms with van der Waals surface area (Å²) in [6.07, 6.45) is 0.932. The molecule has 1 fully saturated rings. The summed E-state index contributed by atoms with van der Waals surface area (Å²) in [7, 11) is 1.90. The number of carbonyl (C=O) groups excluding carboxylic acids is 1. The Morgan fingerprint density at radius 1 is 1.62 bits per heavy atom. The van der Waals surface area contributed by atoms with E-state index in [-0.39, 0.29) is 18.3 Å². The minimum Gasteiger partial charge on any atom is -0.335 e. The van der Waals surface area contributed by atoms with Crippen LogP contribution in [0.5, 0.6) is 0 Å². The zero-order valence-corrected chi connectivity index (χ0v) is 11.2. The first-order valence-corrected chi connectivity index (χ1v) is 6.16. The van der Waals surface area contributed by atoms with Crippen LogP contribution < -0.4 is 5.32 Å². The first-order chi connectivity index (χ1) is 7.24. The van der Waals surface area contributed by atoms with Crippen LogP contribution in [0.4, 0.5) is 0 Å². The van der Waals surface area contributed by atoms with Gasteiger partial charge >= 0.3 is 0 Å². The van der Waals surface area contributed by atoms with Crippen molar-refractivity contribution in [2.75, 3.05) is 20.1 Å². The second-order valence-electron chi connectivity index (χ2n) is 3.86. The van der Waals surface area contributed by atoms with Crippen LogP contribution in [0, 0.1) is 0 Å². The van der Waals surface area contributed by atoms with Gasteiger partial charge in [-0.1, -0.05) is 6.92 Å². The molecule has 0 bridgehead atoms. The molecule has 90 valence electrons. The van der Waals surface area contributed by atoms with E-state index in [1.807, 2.05) is 23.4 Å². The molecule has 2 heterocycles. The summed E-state index contributed by atoms with van der Waals surface area (Å²) in [5.74, 6) is 0.174. The standard InChI is InChI=1S/C11H16N2OS.ClH/c1-3-8-4-5-15-10(8)11(14)13(2)9-6-12-7-9;/h4-5,9,12H,3,6-7H2,1-2H3;1H. The molecule has 1 amide bonds. The van der Waals surface area contributed by atoms with Gasteiger partial charge in [0.05, 0.1) is 10.9 Å². The molecular weight excluding hydrogens is 244 g/mol. The lowest BCUT2D eigenvalue weighted by atomic mass is 10.1. The second-order valence-corrected chi connectivity index (χ2v) is 4.77. The fourth-order valence-electron chi connectivity index (χ4n) is 1.68. The van der Waals surface area contributed by atoms with E-state index in [1.165, 1.54) is 5.56 Å². The SMILES string of the molecule is CCc1ccsc1C(=O)N(C)C1CNC1.Cl. The van der Waals surface area contributed by atoms with Gasteiger partial charge in [-0.25, -0.2) is 0 Å². The predicted molar refractivity (Wildman–Crippen MR) is 69.7 cm³/mol. The van der Waals surface area contributed by atoms with Crippen LogP contribution in [0.15, 0.2) is 11.4 Å². The first-order valence-electron chi connectivity index (χ1n) is 5.28. The van der Waals surface area contributed by atoms with Gasteiger partial charge in [-0.15, -0.1) is 23.7 Å². The molecule has 0 radical (unpaired) electrons. The average molecular weight is 261 g/mol. The van der Waals surface area contributed by atoms with Crippen LogP contribution in [0.1, 0.15) is 22.2 Å². The molecule has 1 saturated heterocycles. The maximum Gasteiger partial charge on any atom is 0.264 e. The molecule has 1 aliphatic rings. The van der Waals surface area contributed by atoms with E-state index in [1.54, 1.807) is 11.3 Å². The number of nitrogens with zero attached hydrogens (tertiary/aromatic N) is 1. The number of hydrogen-bond donors (Lipinski definition) is 1. The van der Waals surface area contributed by atoms with Gasteiger partial charge in [-0.05, 0) is 23.4 Å². The van der Waals surface area contributed by atoms with E-state index < -0.39 is 0 Å². The van der Waals surface area contributed by atoms with Crippen molar-refractivity contribution in [3.8, 4) is 0 Å². The van der Waals surface area contributed by atoms with Gasteiger partial charge in [-0.3, -0.25) is 4.79 Å². The van der Waals surface area contributed by atoms with Crippen molar-refractivity contribution in [3.05, 3.63) is 21.9 Å². The molecule has 1 aromatic rings. The summed E-state index contributed by atoms with van der Waals surface area (Å²) >= 11 is 1.55. The van der Waals surface area contributed by atoms with Crippen LogP contribution >= 0.6 is 23.7 Å². The number of amides is 1. The van der Waals surface area contributed by atoms with E-state index >= 15 is 0 Å². The number of halogens is 1. The zero-order valence-electron chi connectivity index (χ0n) is 9.53. The highest BCUT2D eigenvalue weighted by Gasteiger charge is 2.27. The monoisotopic (exact) mass is 260 g/mol. The molecule has 0 spiro atoms. The van der Waals surface area contributed by atoms with Crippen molar-refractivity contribution in [2.24, 2.45) is 0 Å². The molecule has 3 nitrogen and oxygen atoms in total. The normalized spacial score (nSPS) is 15.1. The Labute approximate surface area is 106 Å². The third-order valence-corrected chi connectivity index (χ3v) is 3.89. The molecule has 1 N–H and O–H groups in total. The Bertz CT molecular complexity index is 363. The number of nitrogens with one attached hydrogen (secondary N) is 1. The lowest BCUT2D eigenvalue weighted by molar-refractivity contribution is 0.0685. The largest absolute Gasteiger partial charge is 0.335 e. The Morgan fingerprint density at radius 3 is 2.81 bits per heavy atom. The minimum atomic E-state index is 0. The number of likely N-dealkylation sites (N-methyl/N-ethyl adjacent to an activating group) is 1. The fraction of sp³-hybridized carbons (Fsp3) is 0.545. The highest BCUT2D eigenvalue weighted by molar-refractivity contribution is 7.12. The highest BCUT2D eigenvalue weighted by atomic mass is 35.5. The fourth-order valence-corrected chi connectivity index (χ4v) is 2.65. The third kappa shape index (κ3) is 2.39. The summed E-state index contributed by atoms with van der Waals surface area (Å²) < 4.78 is 0. The van der Waals surface area contributed by atoms with Crippen molar-refractivity contribution >= 4 is 29.7 Å². The zero-order chi connectivity index (χ0) is 10.8. The molecule has 0 aliphatic carbocycles. The number of hydrogen-bond acceptors (Lipinski definition) is 3. The van der Waals surface area contributed by atoms with Crippen LogP contribution in [-0.2, 0) is 6.42 Å². The van der Waals surface area contributed by atoms with Crippen molar-refractivity contribution < 1.29 is 4.79 Å². The molecule has 2 rings (SSSR count). The van der Waals surface area contributed by atoms with Crippen LogP contribution in [0.2, 0.25) is 0 Å². The molecular formula is C11H17ClN2OS. The number of rotatable bonds is 3. The molecule has 0 saturated carbocycles. The quantitative estimate of drug-likeness (QED) is 0.899. The van der Waals surface area contributed by atoms with Gasteiger partial charge in [-0.2, -0.15) is 0 Å². The van der Waals surface area contributed by atoms with Gasteiger partial charge in [0, 0.05) is 20.1 Å². The Morgan fingerprint density at radius 2 is 2.31 bits per heavy atom. The van der Waals surface area contributed by atoms with Crippen molar-refractivity contribution in [3.63, 3.8) is 0 Å². The van der Waals surface area contributed by atoms with E-state index in [2.05, 4.69) is 12.2 Å². The van der Waals surface area contributed by atoms with Crippen molar-refractivity contribution in [2.45, 2.75) is 19.4 Å². The van der Waals surface area contributed by atoms with E-state index in [0.717, 1.165) is 24.4 Å². The van der Waals surface area contributed by atoms with Crippen molar-refractivity contribution in [1.29, 1.82) is 0 Å². The second kappa shape index (κ2) is 5.66. The summed E-state index contributed by atoms with van der Waals surface area (Å²) in [5.41, 5.74) is 1.17. The lowest BCUT2D eigenvalue weighted by Gasteiger charge is -2.35. The smallest absolute Gasteiger partial charge is 0.264 e. The molecule has 1 aromatic heterocycles.